The first kappa shape index (κ1) is 16.1. The fourth-order valence-corrected chi connectivity index (χ4v) is 3.36. The van der Waals surface area contributed by atoms with E-state index in [0.717, 1.165) is 24.9 Å². The third-order valence-corrected chi connectivity index (χ3v) is 4.58. The van der Waals surface area contributed by atoms with Gasteiger partial charge in [-0.05, 0) is 18.9 Å². The molecular weight excluding hydrogens is 332 g/mol. The second-order valence-electron chi connectivity index (χ2n) is 6.16. The highest BCUT2D eigenvalue weighted by Gasteiger charge is 2.28. The molecule has 2 N–H and O–H groups in total. The smallest absolute Gasteiger partial charge is 0.246 e. The number of piperidine rings is 1. The lowest BCUT2D eigenvalue weighted by molar-refractivity contribution is -0.127. The Labute approximate surface area is 149 Å². The minimum atomic E-state index is -0.0722. The molecule has 0 aliphatic carbocycles. The molecule has 26 heavy (non-hydrogen) atoms. The van der Waals surface area contributed by atoms with Gasteiger partial charge in [0.2, 0.25) is 5.91 Å². The van der Waals surface area contributed by atoms with Crippen LogP contribution in [0.1, 0.15) is 18.9 Å². The SMILES string of the molecule is C=CC(=O)N1CCC[C@@H](n2nc(-c3cncnc3)c3c(N)ncnc32)C1. The molecule has 1 saturated heterocycles. The van der Waals surface area contributed by atoms with Gasteiger partial charge in [-0.3, -0.25) is 4.79 Å². The van der Waals surface area contributed by atoms with Crippen LogP contribution in [0.4, 0.5) is 5.82 Å². The lowest BCUT2D eigenvalue weighted by Crippen LogP contribution is -2.40. The molecule has 4 heterocycles. The molecule has 9 nitrogen and oxygen atoms in total. The second-order valence-corrected chi connectivity index (χ2v) is 6.16. The zero-order valence-electron chi connectivity index (χ0n) is 14.1. The first-order valence-electron chi connectivity index (χ1n) is 8.34. The number of fused-ring (bicyclic) bond motifs is 1. The number of carbonyl (C=O) groups excluding carboxylic acids is 1. The third kappa shape index (κ3) is 2.67. The Hall–Kier alpha value is -3.36. The zero-order valence-corrected chi connectivity index (χ0v) is 14.1. The quantitative estimate of drug-likeness (QED) is 0.706. The van der Waals surface area contributed by atoms with Crippen molar-refractivity contribution in [2.45, 2.75) is 18.9 Å². The standard InChI is InChI=1S/C17H18N8O/c1-2-13(26)24-5-3-4-12(8-24)25-17-14(16(18)21-10-22-17)15(23-25)11-6-19-9-20-7-11/h2,6-7,9-10,12H,1,3-5,8H2,(H2,18,21,22)/t12-/m1/s1. The van der Waals surface area contributed by atoms with Gasteiger partial charge in [-0.2, -0.15) is 5.10 Å². The van der Waals surface area contributed by atoms with Gasteiger partial charge in [-0.25, -0.2) is 24.6 Å². The van der Waals surface area contributed by atoms with Gasteiger partial charge in [-0.15, -0.1) is 0 Å². The van der Waals surface area contributed by atoms with E-state index < -0.39 is 0 Å². The lowest BCUT2D eigenvalue weighted by Gasteiger charge is -2.32. The number of anilines is 1. The zero-order chi connectivity index (χ0) is 18.1. The van der Waals surface area contributed by atoms with E-state index >= 15 is 0 Å². The first-order chi connectivity index (χ1) is 12.7. The summed E-state index contributed by atoms with van der Waals surface area (Å²) in [6.07, 6.45) is 9.37. The summed E-state index contributed by atoms with van der Waals surface area (Å²) in [7, 11) is 0. The normalized spacial score (nSPS) is 17.4. The Balaban J connectivity index is 1.82. The van der Waals surface area contributed by atoms with E-state index in [4.69, 9.17) is 10.8 Å². The van der Waals surface area contributed by atoms with E-state index in [1.54, 1.807) is 17.3 Å². The number of aromatic nitrogens is 6. The Morgan fingerprint density at radius 2 is 2.08 bits per heavy atom. The van der Waals surface area contributed by atoms with Gasteiger partial charge >= 0.3 is 0 Å². The molecule has 0 spiro atoms. The second kappa shape index (κ2) is 6.51. The molecule has 132 valence electrons. The molecule has 3 aromatic rings. The van der Waals surface area contributed by atoms with Crippen molar-refractivity contribution in [3.8, 4) is 11.3 Å². The van der Waals surface area contributed by atoms with Crippen molar-refractivity contribution in [1.82, 2.24) is 34.6 Å². The molecule has 9 heteroatoms. The van der Waals surface area contributed by atoms with Crippen LogP contribution in [0.5, 0.6) is 0 Å². The molecule has 0 saturated carbocycles. The summed E-state index contributed by atoms with van der Waals surface area (Å²) in [5.74, 6) is 0.284. The van der Waals surface area contributed by atoms with E-state index in [1.165, 1.54) is 18.7 Å². The van der Waals surface area contributed by atoms with Crippen molar-refractivity contribution < 1.29 is 4.79 Å². The molecule has 0 bridgehead atoms. The van der Waals surface area contributed by atoms with E-state index in [9.17, 15) is 4.79 Å². The molecule has 1 aliphatic heterocycles. The van der Waals surface area contributed by atoms with Crippen molar-refractivity contribution >= 4 is 22.8 Å². The van der Waals surface area contributed by atoms with Crippen LogP contribution in [0, 0.1) is 0 Å². The van der Waals surface area contributed by atoms with Gasteiger partial charge < -0.3 is 10.6 Å². The van der Waals surface area contributed by atoms with E-state index in [0.29, 0.717) is 29.1 Å². The number of nitrogen functional groups attached to an aromatic ring is 1. The summed E-state index contributed by atoms with van der Waals surface area (Å²) >= 11 is 0. The molecule has 3 aromatic heterocycles. The van der Waals surface area contributed by atoms with Gasteiger partial charge in [0.05, 0.1) is 11.4 Å². The Morgan fingerprint density at radius 1 is 1.27 bits per heavy atom. The summed E-state index contributed by atoms with van der Waals surface area (Å²) in [5, 5.41) is 5.43. The Kier molecular flexibility index (Phi) is 4.04. The summed E-state index contributed by atoms with van der Waals surface area (Å²) in [6.45, 7) is 4.85. The molecule has 0 radical (unpaired) electrons. The lowest BCUT2D eigenvalue weighted by atomic mass is 10.1. The van der Waals surface area contributed by atoms with Crippen molar-refractivity contribution in [3.05, 3.63) is 37.7 Å². The van der Waals surface area contributed by atoms with Crippen LogP contribution < -0.4 is 5.73 Å². The average molecular weight is 350 g/mol. The highest BCUT2D eigenvalue weighted by Crippen LogP contribution is 2.33. The van der Waals surface area contributed by atoms with E-state index in [2.05, 4.69) is 26.5 Å². The average Bonchev–Trinajstić information content (AvgIpc) is 3.09. The number of rotatable bonds is 3. The van der Waals surface area contributed by atoms with Crippen molar-refractivity contribution in [1.29, 1.82) is 0 Å². The molecule has 0 unspecified atom stereocenters. The summed E-state index contributed by atoms with van der Waals surface area (Å²) < 4.78 is 1.85. The highest BCUT2D eigenvalue weighted by atomic mass is 16.2. The number of hydrogen-bond donors (Lipinski definition) is 1. The van der Waals surface area contributed by atoms with Crippen molar-refractivity contribution in [2.75, 3.05) is 18.8 Å². The summed E-state index contributed by atoms with van der Waals surface area (Å²) in [5.41, 5.74) is 8.15. The van der Waals surface area contributed by atoms with Crippen molar-refractivity contribution in [3.63, 3.8) is 0 Å². The molecule has 0 aromatic carbocycles. The maximum absolute atomic E-state index is 12.0. The van der Waals surface area contributed by atoms with Crippen LogP contribution in [-0.4, -0.2) is 53.6 Å². The molecular formula is C17H18N8O. The molecule has 1 atom stereocenters. The first-order valence-corrected chi connectivity index (χ1v) is 8.34. The molecule has 1 amide bonds. The van der Waals surface area contributed by atoms with Crippen LogP contribution in [0.15, 0.2) is 37.7 Å². The predicted octanol–water partition coefficient (Wildman–Crippen LogP) is 1.21. The minimum absolute atomic E-state index is 0.00262. The number of likely N-dealkylation sites (tertiary alicyclic amines) is 1. The number of amides is 1. The number of carbonyl (C=O) groups is 1. The molecule has 1 aliphatic rings. The maximum atomic E-state index is 12.0. The fraction of sp³-hybridized carbons (Fsp3) is 0.294. The van der Waals surface area contributed by atoms with Crippen LogP contribution in [0.25, 0.3) is 22.3 Å². The Bertz CT molecular complexity index is 968. The van der Waals surface area contributed by atoms with Gasteiger partial charge in [0.15, 0.2) is 5.65 Å². The monoisotopic (exact) mass is 350 g/mol. The van der Waals surface area contributed by atoms with Crippen molar-refractivity contribution in [2.24, 2.45) is 0 Å². The van der Waals surface area contributed by atoms with E-state index in [1.807, 2.05) is 4.68 Å². The molecule has 1 fully saturated rings. The number of hydrogen-bond acceptors (Lipinski definition) is 7. The Morgan fingerprint density at radius 3 is 2.85 bits per heavy atom. The largest absolute Gasteiger partial charge is 0.383 e. The van der Waals surface area contributed by atoms with Gasteiger partial charge in [0.25, 0.3) is 0 Å². The van der Waals surface area contributed by atoms with Gasteiger partial charge in [-0.1, -0.05) is 6.58 Å². The molecule has 4 rings (SSSR count). The third-order valence-electron chi connectivity index (χ3n) is 4.58. The number of nitrogens with two attached hydrogens (primary N) is 1. The van der Waals surface area contributed by atoms with Crippen LogP contribution in [0.2, 0.25) is 0 Å². The van der Waals surface area contributed by atoms with E-state index in [-0.39, 0.29) is 11.9 Å². The van der Waals surface area contributed by atoms with Crippen LogP contribution in [0.3, 0.4) is 0 Å². The highest BCUT2D eigenvalue weighted by molar-refractivity contribution is 5.98. The topological polar surface area (TPSA) is 116 Å². The summed E-state index contributed by atoms with van der Waals surface area (Å²) in [4.78, 5) is 30.4. The fourth-order valence-electron chi connectivity index (χ4n) is 3.36. The van der Waals surface area contributed by atoms with Gasteiger partial charge in [0, 0.05) is 31.0 Å². The van der Waals surface area contributed by atoms with Crippen LogP contribution in [-0.2, 0) is 4.79 Å². The van der Waals surface area contributed by atoms with Gasteiger partial charge in [0.1, 0.15) is 24.2 Å². The predicted molar refractivity (Wildman–Crippen MR) is 95.8 cm³/mol. The maximum Gasteiger partial charge on any atom is 0.246 e. The minimum Gasteiger partial charge on any atom is -0.383 e. The summed E-state index contributed by atoms with van der Waals surface area (Å²) in [6, 6.07) is 0.00262. The van der Waals surface area contributed by atoms with Crippen LogP contribution >= 0.6 is 0 Å². The number of nitrogens with zero attached hydrogens (tertiary/aromatic N) is 7.